The topological polar surface area (TPSA) is 38.6 Å². The van der Waals surface area contributed by atoms with Gasteiger partial charge in [0.05, 0.1) is 50.4 Å². The molecule has 0 unspecified atom stereocenters. The summed E-state index contributed by atoms with van der Waals surface area (Å²) in [5.41, 5.74) is 13.1. The number of aromatic nitrogens is 3. The van der Waals surface area contributed by atoms with Crippen molar-refractivity contribution >= 4 is 76.2 Å². The average molecular weight is 725 g/mol. The summed E-state index contributed by atoms with van der Waals surface area (Å²) in [6.07, 6.45) is 0. The van der Waals surface area contributed by atoms with E-state index in [-0.39, 0.29) is 0 Å². The van der Waals surface area contributed by atoms with Crippen LogP contribution in [0.4, 0.5) is 0 Å². The van der Waals surface area contributed by atoms with E-state index in [4.69, 9.17) is 0 Å². The van der Waals surface area contributed by atoms with Crippen LogP contribution in [0.2, 0.25) is 0 Å². The molecule has 0 aliphatic carbocycles. The predicted molar refractivity (Wildman–Crippen MR) is 237 cm³/mol. The van der Waals surface area contributed by atoms with Gasteiger partial charge in [-0.1, -0.05) is 121 Å². The lowest BCUT2D eigenvalue weighted by atomic mass is 10.0. The van der Waals surface area contributed by atoms with Gasteiger partial charge in [0, 0.05) is 49.1 Å². The first-order valence-corrected chi connectivity index (χ1v) is 19.3. The normalized spacial score (nSPS) is 11.8. The summed E-state index contributed by atoms with van der Waals surface area (Å²) in [4.78, 5) is 0. The van der Waals surface area contributed by atoms with E-state index >= 15 is 0 Å². The SMILES string of the molecule is N#Cc1ccc2c3ccccc3n(-c3cc(-n4c5ccccc5c5cc(-c6ccc7c8ccccc8n(-c8ccccc8)c7c6)ccc54)c4ccccc4c3)c2c1. The van der Waals surface area contributed by atoms with Gasteiger partial charge < -0.3 is 13.7 Å². The molecule has 0 atom stereocenters. The number of hydrogen-bond donors (Lipinski definition) is 0. The summed E-state index contributed by atoms with van der Waals surface area (Å²) >= 11 is 0. The molecule has 12 aromatic rings. The van der Waals surface area contributed by atoms with Crippen LogP contribution >= 0.6 is 0 Å². The van der Waals surface area contributed by atoms with Crippen molar-refractivity contribution in [1.29, 1.82) is 5.26 Å². The Morgan fingerprint density at radius 1 is 0.316 bits per heavy atom. The van der Waals surface area contributed by atoms with Gasteiger partial charge in [0.15, 0.2) is 0 Å². The standard InChI is InChI=1S/C53H32N4/c54-33-34-22-25-44-41-16-7-10-20-48(41)56(51(44)28-34)39-29-37-12-4-5-15-40(37)53(32-39)57-49-21-11-8-18-43(49)46-30-35(24-27-50(46)57)36-23-26-45-42-17-6-9-19-47(42)55(52(45)31-36)38-13-2-1-3-14-38/h1-32H. The smallest absolute Gasteiger partial charge is 0.0992 e. The predicted octanol–water partition coefficient (Wildman–Crippen LogP) is 13.7. The van der Waals surface area contributed by atoms with E-state index in [0.717, 1.165) is 49.9 Å². The van der Waals surface area contributed by atoms with Gasteiger partial charge in [-0.3, -0.25) is 0 Å². The Morgan fingerprint density at radius 3 is 1.54 bits per heavy atom. The highest BCUT2D eigenvalue weighted by atomic mass is 15.0. The van der Waals surface area contributed by atoms with Crippen LogP contribution in [0.5, 0.6) is 0 Å². The quantitative estimate of drug-likeness (QED) is 0.178. The number of para-hydroxylation sites is 4. The number of fused-ring (bicyclic) bond motifs is 10. The van der Waals surface area contributed by atoms with E-state index in [1.807, 2.05) is 12.1 Å². The molecule has 0 saturated carbocycles. The van der Waals surface area contributed by atoms with E-state index in [0.29, 0.717) is 5.56 Å². The molecule has 0 aliphatic rings. The van der Waals surface area contributed by atoms with Crippen molar-refractivity contribution in [2.75, 3.05) is 0 Å². The molecule has 0 amide bonds. The summed E-state index contributed by atoms with van der Waals surface area (Å²) in [5.74, 6) is 0. The lowest BCUT2D eigenvalue weighted by Gasteiger charge is -2.16. The molecule has 0 saturated heterocycles. The molecule has 4 nitrogen and oxygen atoms in total. The second kappa shape index (κ2) is 12.1. The van der Waals surface area contributed by atoms with Crippen molar-refractivity contribution in [3.63, 3.8) is 0 Å². The molecule has 4 heteroatoms. The molecule has 0 radical (unpaired) electrons. The zero-order chi connectivity index (χ0) is 37.6. The fourth-order valence-corrected chi connectivity index (χ4v) is 9.32. The third-order valence-electron chi connectivity index (χ3n) is 11.8. The molecule has 0 spiro atoms. The van der Waals surface area contributed by atoms with Crippen LogP contribution in [0, 0.1) is 11.3 Å². The number of rotatable bonds is 4. The summed E-state index contributed by atoms with van der Waals surface area (Å²) in [5, 5.41) is 19.4. The van der Waals surface area contributed by atoms with Crippen molar-refractivity contribution in [2.24, 2.45) is 0 Å². The molecule has 0 bridgehead atoms. The first-order chi connectivity index (χ1) is 28.2. The van der Waals surface area contributed by atoms with Gasteiger partial charge in [0.25, 0.3) is 0 Å². The Labute approximate surface area is 327 Å². The van der Waals surface area contributed by atoms with Crippen LogP contribution in [0.15, 0.2) is 194 Å². The van der Waals surface area contributed by atoms with Crippen LogP contribution in [0.25, 0.3) is 104 Å². The van der Waals surface area contributed by atoms with Crippen LogP contribution < -0.4 is 0 Å². The summed E-state index contributed by atoms with van der Waals surface area (Å²) in [6, 6.07) is 72.1. The monoisotopic (exact) mass is 724 g/mol. The third kappa shape index (κ3) is 4.61. The minimum atomic E-state index is 0.645. The van der Waals surface area contributed by atoms with Crippen molar-refractivity contribution in [3.8, 4) is 34.3 Å². The Hall–Kier alpha value is -7.87. The fourth-order valence-electron chi connectivity index (χ4n) is 9.32. The Morgan fingerprint density at radius 2 is 0.825 bits per heavy atom. The molecule has 3 heterocycles. The number of nitriles is 1. The van der Waals surface area contributed by atoms with Gasteiger partial charge in [0.1, 0.15) is 0 Å². The minimum absolute atomic E-state index is 0.645. The Balaban J connectivity index is 1.10. The summed E-state index contributed by atoms with van der Waals surface area (Å²) < 4.78 is 7.14. The Bertz CT molecular complexity index is 3650. The second-order valence-electron chi connectivity index (χ2n) is 14.9. The molecule has 264 valence electrons. The van der Waals surface area contributed by atoms with Crippen LogP contribution in [0.1, 0.15) is 5.56 Å². The zero-order valence-corrected chi connectivity index (χ0v) is 30.8. The van der Waals surface area contributed by atoms with Crippen LogP contribution in [-0.4, -0.2) is 13.7 Å². The molecule has 0 fully saturated rings. The minimum Gasteiger partial charge on any atom is -0.309 e. The van der Waals surface area contributed by atoms with Gasteiger partial charge in [-0.05, 0) is 89.3 Å². The fraction of sp³-hybridized carbons (Fsp3) is 0. The van der Waals surface area contributed by atoms with E-state index in [2.05, 4.69) is 202 Å². The molecule has 0 N–H and O–H groups in total. The average Bonchev–Trinajstić information content (AvgIpc) is 3.91. The molecule has 9 aromatic carbocycles. The Kier molecular flexibility index (Phi) is 6.66. The van der Waals surface area contributed by atoms with Gasteiger partial charge in [-0.15, -0.1) is 0 Å². The highest BCUT2D eigenvalue weighted by molar-refractivity contribution is 6.14. The maximum atomic E-state index is 9.91. The molecule has 12 rings (SSSR count). The van der Waals surface area contributed by atoms with Crippen molar-refractivity contribution in [3.05, 3.63) is 200 Å². The maximum Gasteiger partial charge on any atom is 0.0992 e. The molecule has 57 heavy (non-hydrogen) atoms. The van der Waals surface area contributed by atoms with E-state index in [1.165, 1.54) is 54.5 Å². The molecular weight excluding hydrogens is 693 g/mol. The van der Waals surface area contributed by atoms with Gasteiger partial charge >= 0.3 is 0 Å². The van der Waals surface area contributed by atoms with E-state index < -0.39 is 0 Å². The number of hydrogen-bond acceptors (Lipinski definition) is 1. The number of nitrogens with zero attached hydrogens (tertiary/aromatic N) is 4. The van der Waals surface area contributed by atoms with Crippen molar-refractivity contribution < 1.29 is 0 Å². The lowest BCUT2D eigenvalue weighted by Crippen LogP contribution is -2.00. The zero-order valence-electron chi connectivity index (χ0n) is 30.8. The van der Waals surface area contributed by atoms with Crippen molar-refractivity contribution in [1.82, 2.24) is 13.7 Å². The maximum absolute atomic E-state index is 9.91. The summed E-state index contributed by atoms with van der Waals surface area (Å²) in [6.45, 7) is 0. The molecule has 3 aromatic heterocycles. The summed E-state index contributed by atoms with van der Waals surface area (Å²) in [7, 11) is 0. The van der Waals surface area contributed by atoms with Gasteiger partial charge in [0.2, 0.25) is 0 Å². The van der Waals surface area contributed by atoms with E-state index in [1.54, 1.807) is 0 Å². The third-order valence-corrected chi connectivity index (χ3v) is 11.8. The highest BCUT2D eigenvalue weighted by Gasteiger charge is 2.20. The lowest BCUT2D eigenvalue weighted by molar-refractivity contribution is 1.15. The molecular formula is C53H32N4. The molecule has 0 aliphatic heterocycles. The van der Waals surface area contributed by atoms with Crippen LogP contribution in [0.3, 0.4) is 0 Å². The van der Waals surface area contributed by atoms with E-state index in [9.17, 15) is 5.26 Å². The highest BCUT2D eigenvalue weighted by Crippen LogP contribution is 2.41. The largest absolute Gasteiger partial charge is 0.309 e. The first kappa shape index (κ1) is 31.5. The first-order valence-electron chi connectivity index (χ1n) is 19.3. The number of benzene rings is 9. The van der Waals surface area contributed by atoms with Gasteiger partial charge in [-0.2, -0.15) is 5.26 Å². The van der Waals surface area contributed by atoms with Crippen molar-refractivity contribution in [2.45, 2.75) is 0 Å². The van der Waals surface area contributed by atoms with Gasteiger partial charge in [-0.25, -0.2) is 0 Å². The second-order valence-corrected chi connectivity index (χ2v) is 14.9. The van der Waals surface area contributed by atoms with Crippen LogP contribution in [-0.2, 0) is 0 Å².